The zero-order valence-electron chi connectivity index (χ0n) is 11.7. The van der Waals surface area contributed by atoms with E-state index in [2.05, 4.69) is 20.3 Å². The van der Waals surface area contributed by atoms with Gasteiger partial charge in [0.2, 0.25) is 5.91 Å². The molecule has 3 aromatic rings. The number of rotatable bonds is 4. The SMILES string of the molecule is O=C(Cc1csc(NC(=O)c2cnc3ccccc3n2)n1)NO. The highest BCUT2D eigenvalue weighted by molar-refractivity contribution is 7.14. The molecule has 9 heteroatoms. The number of nitrogens with zero attached hydrogens (tertiary/aromatic N) is 3. The maximum absolute atomic E-state index is 12.2. The molecule has 0 saturated carbocycles. The topological polar surface area (TPSA) is 117 Å². The normalized spacial score (nSPS) is 10.5. The number of benzene rings is 1. The van der Waals surface area contributed by atoms with Gasteiger partial charge in [0.05, 0.1) is 29.3 Å². The van der Waals surface area contributed by atoms with Crippen LogP contribution in [0.1, 0.15) is 16.2 Å². The lowest BCUT2D eigenvalue weighted by Gasteiger charge is -2.02. The van der Waals surface area contributed by atoms with Crippen LogP contribution in [0.25, 0.3) is 11.0 Å². The predicted molar refractivity (Wildman–Crippen MR) is 83.2 cm³/mol. The van der Waals surface area contributed by atoms with Crippen LogP contribution in [-0.4, -0.2) is 32.0 Å². The molecule has 0 saturated heterocycles. The van der Waals surface area contributed by atoms with E-state index in [1.54, 1.807) is 11.4 Å². The van der Waals surface area contributed by atoms with Crippen molar-refractivity contribution < 1.29 is 14.8 Å². The highest BCUT2D eigenvalue weighted by atomic mass is 32.1. The number of anilines is 1. The molecule has 2 heterocycles. The fourth-order valence-corrected chi connectivity index (χ4v) is 2.58. The second-order valence-electron chi connectivity index (χ2n) is 4.55. The van der Waals surface area contributed by atoms with Gasteiger partial charge in [-0.3, -0.25) is 25.1 Å². The Morgan fingerprint density at radius 1 is 1.17 bits per heavy atom. The summed E-state index contributed by atoms with van der Waals surface area (Å²) in [6.07, 6.45) is 1.32. The number of hydrogen-bond acceptors (Lipinski definition) is 7. The molecule has 2 amide bonds. The Balaban J connectivity index is 1.74. The lowest BCUT2D eigenvalue weighted by Crippen LogP contribution is -2.20. The summed E-state index contributed by atoms with van der Waals surface area (Å²) in [5, 5.41) is 13.0. The van der Waals surface area contributed by atoms with Crippen LogP contribution in [0.2, 0.25) is 0 Å². The Morgan fingerprint density at radius 3 is 2.74 bits per heavy atom. The van der Waals surface area contributed by atoms with E-state index < -0.39 is 11.8 Å². The first-order valence-corrected chi connectivity index (χ1v) is 7.44. The third-order valence-electron chi connectivity index (χ3n) is 2.92. The molecule has 0 fully saturated rings. The number of aromatic nitrogens is 3. The Labute approximate surface area is 134 Å². The minimum absolute atomic E-state index is 0.0708. The summed E-state index contributed by atoms with van der Waals surface area (Å²) in [5.41, 5.74) is 3.48. The van der Waals surface area contributed by atoms with Crippen LogP contribution in [0, 0.1) is 0 Å². The van der Waals surface area contributed by atoms with Gasteiger partial charge in [0.1, 0.15) is 5.69 Å². The Bertz CT molecular complexity index is 879. The number of nitrogens with one attached hydrogen (secondary N) is 2. The summed E-state index contributed by atoms with van der Waals surface area (Å²) in [4.78, 5) is 35.8. The van der Waals surface area contributed by atoms with Crippen LogP contribution in [0.5, 0.6) is 0 Å². The van der Waals surface area contributed by atoms with E-state index in [0.29, 0.717) is 21.9 Å². The van der Waals surface area contributed by atoms with Crippen LogP contribution in [0.4, 0.5) is 5.13 Å². The monoisotopic (exact) mass is 329 g/mol. The average Bonchev–Trinajstić information content (AvgIpc) is 3.01. The van der Waals surface area contributed by atoms with Crippen molar-refractivity contribution in [2.45, 2.75) is 6.42 Å². The molecule has 8 nitrogen and oxygen atoms in total. The minimum Gasteiger partial charge on any atom is -0.296 e. The van der Waals surface area contributed by atoms with E-state index in [4.69, 9.17) is 5.21 Å². The molecular formula is C14H11N5O3S. The number of hydrogen-bond donors (Lipinski definition) is 3. The average molecular weight is 329 g/mol. The first kappa shape index (κ1) is 15.0. The number of para-hydroxylation sites is 2. The third-order valence-corrected chi connectivity index (χ3v) is 3.73. The number of carbonyl (C=O) groups excluding carboxylic acids is 2. The molecule has 3 N–H and O–H groups in total. The Kier molecular flexibility index (Phi) is 4.22. The van der Waals surface area contributed by atoms with Crippen molar-refractivity contribution in [3.8, 4) is 0 Å². The highest BCUT2D eigenvalue weighted by Crippen LogP contribution is 2.17. The van der Waals surface area contributed by atoms with Crippen molar-refractivity contribution >= 4 is 39.3 Å². The van der Waals surface area contributed by atoms with Gasteiger partial charge in [-0.25, -0.2) is 15.4 Å². The maximum Gasteiger partial charge on any atom is 0.277 e. The smallest absolute Gasteiger partial charge is 0.277 e. The third kappa shape index (κ3) is 3.47. The lowest BCUT2D eigenvalue weighted by atomic mass is 10.3. The number of hydroxylamine groups is 1. The van der Waals surface area contributed by atoms with Crippen LogP contribution < -0.4 is 10.8 Å². The van der Waals surface area contributed by atoms with Crippen molar-refractivity contribution in [2.24, 2.45) is 0 Å². The molecule has 116 valence electrons. The number of fused-ring (bicyclic) bond motifs is 1. The molecule has 3 rings (SSSR count). The zero-order valence-corrected chi connectivity index (χ0v) is 12.5. The molecule has 0 radical (unpaired) electrons. The first-order chi connectivity index (χ1) is 11.2. The van der Waals surface area contributed by atoms with Gasteiger partial charge in [0.25, 0.3) is 5.91 Å². The van der Waals surface area contributed by atoms with Gasteiger partial charge >= 0.3 is 0 Å². The standard InChI is InChI=1S/C14H11N5O3S/c20-12(19-22)5-8-7-23-14(16-8)18-13(21)11-6-15-9-3-1-2-4-10(9)17-11/h1-4,6-7,22H,5H2,(H,19,20)(H,16,18,21). The van der Waals surface area contributed by atoms with Crippen molar-refractivity contribution in [3.63, 3.8) is 0 Å². The summed E-state index contributed by atoms with van der Waals surface area (Å²) in [6.45, 7) is 0. The highest BCUT2D eigenvalue weighted by Gasteiger charge is 2.13. The molecular weight excluding hydrogens is 318 g/mol. The number of amides is 2. The van der Waals surface area contributed by atoms with E-state index in [-0.39, 0.29) is 12.1 Å². The van der Waals surface area contributed by atoms with Gasteiger partial charge in [-0.1, -0.05) is 12.1 Å². The van der Waals surface area contributed by atoms with E-state index in [1.807, 2.05) is 18.2 Å². The van der Waals surface area contributed by atoms with Crippen molar-refractivity contribution in [1.29, 1.82) is 0 Å². The van der Waals surface area contributed by atoms with E-state index >= 15 is 0 Å². The number of thiazole rings is 1. The summed E-state index contributed by atoms with van der Waals surface area (Å²) < 4.78 is 0. The molecule has 2 aromatic heterocycles. The first-order valence-electron chi connectivity index (χ1n) is 6.56. The molecule has 0 bridgehead atoms. The molecule has 0 unspecified atom stereocenters. The molecule has 23 heavy (non-hydrogen) atoms. The van der Waals surface area contributed by atoms with Crippen LogP contribution >= 0.6 is 11.3 Å². The van der Waals surface area contributed by atoms with Crippen molar-refractivity contribution in [2.75, 3.05) is 5.32 Å². The fraction of sp³-hybridized carbons (Fsp3) is 0.0714. The van der Waals surface area contributed by atoms with E-state index in [0.717, 1.165) is 0 Å². The van der Waals surface area contributed by atoms with Gasteiger partial charge in [-0.15, -0.1) is 11.3 Å². The van der Waals surface area contributed by atoms with Gasteiger partial charge in [-0.05, 0) is 12.1 Å². The van der Waals surface area contributed by atoms with Gasteiger partial charge in [0.15, 0.2) is 5.13 Å². The van der Waals surface area contributed by atoms with Gasteiger partial charge in [0, 0.05) is 5.38 Å². The molecule has 0 aliphatic carbocycles. The molecule has 1 aromatic carbocycles. The summed E-state index contributed by atoms with van der Waals surface area (Å²) >= 11 is 1.18. The summed E-state index contributed by atoms with van der Waals surface area (Å²) in [7, 11) is 0. The minimum atomic E-state index is -0.575. The molecule has 0 spiro atoms. The number of carbonyl (C=O) groups is 2. The van der Waals surface area contributed by atoms with Crippen LogP contribution in [-0.2, 0) is 11.2 Å². The molecule has 0 aliphatic rings. The second-order valence-corrected chi connectivity index (χ2v) is 5.41. The van der Waals surface area contributed by atoms with Crippen LogP contribution in [0.3, 0.4) is 0 Å². The quantitative estimate of drug-likeness (QED) is 0.492. The van der Waals surface area contributed by atoms with E-state index in [1.165, 1.54) is 23.0 Å². The van der Waals surface area contributed by atoms with Crippen molar-refractivity contribution in [1.82, 2.24) is 20.4 Å². The largest absolute Gasteiger partial charge is 0.296 e. The van der Waals surface area contributed by atoms with Crippen LogP contribution in [0.15, 0.2) is 35.8 Å². The van der Waals surface area contributed by atoms with Crippen molar-refractivity contribution in [3.05, 3.63) is 47.2 Å². The summed E-state index contributed by atoms with van der Waals surface area (Å²) in [5.74, 6) is -1.01. The van der Waals surface area contributed by atoms with Gasteiger partial charge < -0.3 is 0 Å². The molecule has 0 atom stereocenters. The predicted octanol–water partition coefficient (Wildman–Crippen LogP) is 1.39. The Morgan fingerprint density at radius 2 is 1.96 bits per heavy atom. The second kappa shape index (κ2) is 6.46. The zero-order chi connectivity index (χ0) is 16.2. The maximum atomic E-state index is 12.2. The Hall–Kier alpha value is -2.91. The summed E-state index contributed by atoms with van der Waals surface area (Å²) in [6, 6.07) is 7.24. The molecule has 0 aliphatic heterocycles. The van der Waals surface area contributed by atoms with Gasteiger partial charge in [-0.2, -0.15) is 0 Å². The van der Waals surface area contributed by atoms with E-state index in [9.17, 15) is 9.59 Å². The fourth-order valence-electron chi connectivity index (χ4n) is 1.88. The lowest BCUT2D eigenvalue weighted by molar-refractivity contribution is -0.128.